The molecule has 1 aromatic carbocycles. The molecule has 0 saturated carbocycles. The number of rotatable bonds is 6. The monoisotopic (exact) mass is 274 g/mol. The van der Waals surface area contributed by atoms with Crippen LogP contribution in [0.3, 0.4) is 0 Å². The molecule has 1 atom stereocenters. The molecule has 20 heavy (non-hydrogen) atoms. The van der Waals surface area contributed by atoms with Gasteiger partial charge in [-0.1, -0.05) is 19.1 Å². The third-order valence-corrected chi connectivity index (χ3v) is 2.97. The normalized spacial score (nSPS) is 12.2. The molecule has 0 radical (unpaired) electrons. The number of halogens is 1. The number of aromatic nitrogens is 1. The Hall–Kier alpha value is -1.94. The molecule has 1 heterocycles. The molecule has 0 aliphatic carbocycles. The fourth-order valence-corrected chi connectivity index (χ4v) is 2.14. The molecule has 0 aliphatic rings. The molecule has 2 aromatic rings. The van der Waals surface area contributed by atoms with Gasteiger partial charge in [0.2, 0.25) is 0 Å². The van der Waals surface area contributed by atoms with Crippen LogP contribution in [0.1, 0.15) is 31.1 Å². The molecule has 1 N–H and O–H groups in total. The number of hydrogen-bond donors (Lipinski definition) is 1. The van der Waals surface area contributed by atoms with Gasteiger partial charge < -0.3 is 10.1 Å². The van der Waals surface area contributed by atoms with E-state index in [0.717, 1.165) is 17.9 Å². The highest BCUT2D eigenvalue weighted by Gasteiger charge is 2.18. The van der Waals surface area contributed by atoms with E-state index in [0.29, 0.717) is 12.3 Å². The van der Waals surface area contributed by atoms with E-state index in [9.17, 15) is 4.39 Å². The van der Waals surface area contributed by atoms with Gasteiger partial charge in [-0.05, 0) is 43.3 Å². The summed E-state index contributed by atoms with van der Waals surface area (Å²) in [6.07, 6.45) is 1.61. The minimum atomic E-state index is -0.305. The zero-order chi connectivity index (χ0) is 14.4. The van der Waals surface area contributed by atoms with Gasteiger partial charge in [0, 0.05) is 6.20 Å². The van der Waals surface area contributed by atoms with E-state index in [4.69, 9.17) is 4.74 Å². The molecule has 1 unspecified atom stereocenters. The molecule has 106 valence electrons. The van der Waals surface area contributed by atoms with Gasteiger partial charge in [0.15, 0.2) is 0 Å². The molecule has 0 amide bonds. The third kappa shape index (κ3) is 3.33. The van der Waals surface area contributed by atoms with Crippen LogP contribution in [0.4, 0.5) is 4.39 Å². The van der Waals surface area contributed by atoms with E-state index in [1.807, 2.05) is 38.1 Å². The van der Waals surface area contributed by atoms with Crippen molar-refractivity contribution in [3.05, 3.63) is 59.7 Å². The van der Waals surface area contributed by atoms with Gasteiger partial charge in [0.25, 0.3) is 0 Å². The van der Waals surface area contributed by atoms with Crippen LogP contribution in [0.5, 0.6) is 5.75 Å². The van der Waals surface area contributed by atoms with Crippen molar-refractivity contribution in [1.29, 1.82) is 0 Å². The third-order valence-electron chi connectivity index (χ3n) is 2.97. The summed E-state index contributed by atoms with van der Waals surface area (Å²) >= 11 is 0. The summed E-state index contributed by atoms with van der Waals surface area (Å²) in [5.41, 5.74) is 1.35. The van der Waals surface area contributed by atoms with Crippen molar-refractivity contribution < 1.29 is 9.13 Å². The van der Waals surface area contributed by atoms with E-state index >= 15 is 0 Å². The summed E-state index contributed by atoms with van der Waals surface area (Å²) < 4.78 is 19.5. The van der Waals surface area contributed by atoms with E-state index < -0.39 is 0 Å². The average molecular weight is 274 g/mol. The van der Waals surface area contributed by atoms with Gasteiger partial charge in [0.1, 0.15) is 11.6 Å². The van der Waals surface area contributed by atoms with Gasteiger partial charge in [0.05, 0.1) is 18.3 Å². The number of pyridine rings is 1. The summed E-state index contributed by atoms with van der Waals surface area (Å²) in [5, 5.41) is 3.27. The Labute approximate surface area is 118 Å². The van der Waals surface area contributed by atoms with Crippen molar-refractivity contribution in [1.82, 2.24) is 10.3 Å². The SMILES string of the molecule is CCNC(c1cccc(OCC)c1)c1ncccc1F. The number of nitrogens with zero attached hydrogens (tertiary/aromatic N) is 1. The lowest BCUT2D eigenvalue weighted by atomic mass is 10.0. The molecule has 0 aliphatic heterocycles. The highest BCUT2D eigenvalue weighted by molar-refractivity contribution is 5.35. The zero-order valence-corrected chi connectivity index (χ0v) is 11.8. The van der Waals surface area contributed by atoms with Crippen LogP contribution in [0.15, 0.2) is 42.6 Å². The zero-order valence-electron chi connectivity index (χ0n) is 11.8. The summed E-state index contributed by atoms with van der Waals surface area (Å²) in [7, 11) is 0. The Morgan fingerprint density at radius 3 is 2.80 bits per heavy atom. The quantitative estimate of drug-likeness (QED) is 0.877. The van der Waals surface area contributed by atoms with Crippen molar-refractivity contribution in [3.8, 4) is 5.75 Å². The van der Waals surface area contributed by atoms with Crippen molar-refractivity contribution >= 4 is 0 Å². The molecule has 0 saturated heterocycles. The standard InChI is InChI=1S/C16H19FN2O/c1-3-18-15(16-14(17)9-6-10-19-16)12-7-5-8-13(11-12)20-4-2/h5-11,15,18H,3-4H2,1-2H3. The molecule has 3 nitrogen and oxygen atoms in total. The fourth-order valence-electron chi connectivity index (χ4n) is 2.14. The van der Waals surface area contributed by atoms with Crippen LogP contribution in [-0.4, -0.2) is 18.1 Å². The van der Waals surface area contributed by atoms with Gasteiger partial charge >= 0.3 is 0 Å². The minimum Gasteiger partial charge on any atom is -0.494 e. The maximum atomic E-state index is 14.0. The van der Waals surface area contributed by atoms with Crippen LogP contribution < -0.4 is 10.1 Å². The average Bonchev–Trinajstić information content (AvgIpc) is 2.46. The molecule has 0 fully saturated rings. The molecule has 4 heteroatoms. The largest absolute Gasteiger partial charge is 0.494 e. The van der Waals surface area contributed by atoms with Crippen LogP contribution in [0.2, 0.25) is 0 Å². The van der Waals surface area contributed by atoms with Crippen LogP contribution in [0.25, 0.3) is 0 Å². The molecule has 0 bridgehead atoms. The first kappa shape index (κ1) is 14.5. The first-order valence-corrected chi connectivity index (χ1v) is 6.82. The molecule has 1 aromatic heterocycles. The Bertz CT molecular complexity index is 560. The molecule has 0 spiro atoms. The number of hydrogen-bond acceptors (Lipinski definition) is 3. The first-order chi connectivity index (χ1) is 9.76. The smallest absolute Gasteiger partial charge is 0.146 e. The predicted octanol–water partition coefficient (Wildman–Crippen LogP) is 3.32. The summed E-state index contributed by atoms with van der Waals surface area (Å²) in [4.78, 5) is 4.17. The Kier molecular flexibility index (Phi) is 5.07. The highest BCUT2D eigenvalue weighted by atomic mass is 19.1. The number of nitrogens with one attached hydrogen (secondary N) is 1. The topological polar surface area (TPSA) is 34.1 Å². The lowest BCUT2D eigenvalue weighted by molar-refractivity contribution is 0.339. The second-order valence-corrected chi connectivity index (χ2v) is 4.37. The number of ether oxygens (including phenoxy) is 1. The van der Waals surface area contributed by atoms with Gasteiger partial charge in [-0.25, -0.2) is 4.39 Å². The molecular formula is C16H19FN2O. The highest BCUT2D eigenvalue weighted by Crippen LogP contribution is 2.25. The van der Waals surface area contributed by atoms with Gasteiger partial charge in [-0.2, -0.15) is 0 Å². The predicted molar refractivity (Wildman–Crippen MR) is 77.3 cm³/mol. The van der Waals surface area contributed by atoms with E-state index in [1.54, 1.807) is 12.3 Å². The van der Waals surface area contributed by atoms with Crippen molar-refractivity contribution in [2.24, 2.45) is 0 Å². The van der Waals surface area contributed by atoms with E-state index in [2.05, 4.69) is 10.3 Å². The summed E-state index contributed by atoms with van der Waals surface area (Å²) in [5.74, 6) is 0.476. The second-order valence-electron chi connectivity index (χ2n) is 4.37. The Morgan fingerprint density at radius 1 is 1.25 bits per heavy atom. The van der Waals surface area contributed by atoms with Gasteiger partial charge in [-0.3, -0.25) is 4.98 Å². The Morgan fingerprint density at radius 2 is 2.10 bits per heavy atom. The Balaban J connectivity index is 2.38. The first-order valence-electron chi connectivity index (χ1n) is 6.82. The fraction of sp³-hybridized carbons (Fsp3) is 0.312. The van der Waals surface area contributed by atoms with Crippen molar-refractivity contribution in [2.45, 2.75) is 19.9 Å². The summed E-state index contributed by atoms with van der Waals surface area (Å²) in [6.45, 7) is 5.25. The maximum absolute atomic E-state index is 14.0. The minimum absolute atomic E-state index is 0.276. The van der Waals surface area contributed by atoms with Crippen molar-refractivity contribution in [3.63, 3.8) is 0 Å². The second kappa shape index (κ2) is 7.01. The van der Waals surface area contributed by atoms with Crippen LogP contribution in [0, 0.1) is 5.82 Å². The lowest BCUT2D eigenvalue weighted by Crippen LogP contribution is -2.24. The lowest BCUT2D eigenvalue weighted by Gasteiger charge is -2.19. The van der Waals surface area contributed by atoms with Crippen molar-refractivity contribution in [2.75, 3.05) is 13.2 Å². The van der Waals surface area contributed by atoms with Gasteiger partial charge in [-0.15, -0.1) is 0 Å². The molecule has 2 rings (SSSR count). The number of benzene rings is 1. The van der Waals surface area contributed by atoms with E-state index in [1.165, 1.54) is 6.07 Å². The summed E-state index contributed by atoms with van der Waals surface area (Å²) in [6, 6.07) is 10.4. The molecular weight excluding hydrogens is 255 g/mol. The maximum Gasteiger partial charge on any atom is 0.146 e. The van der Waals surface area contributed by atoms with E-state index in [-0.39, 0.29) is 11.9 Å². The van der Waals surface area contributed by atoms with Crippen LogP contribution >= 0.6 is 0 Å². The van der Waals surface area contributed by atoms with Crippen LogP contribution in [-0.2, 0) is 0 Å².